The van der Waals surface area contributed by atoms with E-state index in [9.17, 15) is 61.3 Å². The number of hydrogen-bond donors (Lipinski definition) is 5. The fourth-order valence-corrected chi connectivity index (χ4v) is 7.90. The van der Waals surface area contributed by atoms with Crippen LogP contribution in [0.3, 0.4) is 0 Å². The van der Waals surface area contributed by atoms with Gasteiger partial charge in [-0.15, -0.1) is 0 Å². The van der Waals surface area contributed by atoms with Crippen molar-refractivity contribution >= 4 is 64.6 Å². The zero-order valence-electron chi connectivity index (χ0n) is 36.6. The van der Waals surface area contributed by atoms with Gasteiger partial charge in [-0.1, -0.05) is 44.0 Å². The number of nitrogens with one attached hydrogen (secondary N) is 3. The van der Waals surface area contributed by atoms with Gasteiger partial charge in [-0.3, -0.25) is 33.6 Å². The lowest BCUT2D eigenvalue weighted by Gasteiger charge is -2.36. The van der Waals surface area contributed by atoms with Gasteiger partial charge < -0.3 is 45.8 Å². The number of likely N-dealkylation sites (tertiary alicyclic amines) is 1. The highest BCUT2D eigenvalue weighted by Crippen LogP contribution is 2.34. The molecule has 0 saturated carbocycles. The SMILES string of the molecule is CC[C@H]1NC(=O)[C@H](Cc2cc(Cl)ccc2Cl)N(C)C(=O)[C@H](CC(C)C)NC(=O)[C@@H](N(C)C(=O)[C@@H](NC(=O)[C@@H]2C[C@@H](F)CN2C(=O)[C@@](C)(O)C(F)(F)F)[C@@H](C)O)CCCCN(C)C1=O. The van der Waals surface area contributed by atoms with Crippen molar-refractivity contribution < 1.29 is 61.3 Å². The number of carbonyl (C=O) groups excluding carboxylic acids is 7. The van der Waals surface area contributed by atoms with Crippen molar-refractivity contribution in [3.63, 3.8) is 0 Å². The highest BCUT2D eigenvalue weighted by Gasteiger charge is 2.59. The molecule has 1 aromatic rings. The van der Waals surface area contributed by atoms with Gasteiger partial charge in [0.25, 0.3) is 5.91 Å². The van der Waals surface area contributed by atoms with E-state index in [2.05, 4.69) is 16.0 Å². The normalized spacial score (nSPS) is 25.6. The number of halogens is 6. The van der Waals surface area contributed by atoms with Gasteiger partial charge in [-0.05, 0) is 75.6 Å². The second kappa shape index (κ2) is 22.1. The number of rotatable bonds is 11. The predicted octanol–water partition coefficient (Wildman–Crippen LogP) is 2.38. The van der Waals surface area contributed by atoms with Crippen molar-refractivity contribution in [3.8, 4) is 0 Å². The number of carbonyl (C=O) groups is 7. The average Bonchev–Trinajstić information content (AvgIpc) is 3.60. The number of benzene rings is 1. The van der Waals surface area contributed by atoms with Crippen molar-refractivity contribution in [1.82, 2.24) is 35.6 Å². The first-order valence-electron chi connectivity index (χ1n) is 20.7. The van der Waals surface area contributed by atoms with Crippen molar-refractivity contribution in [2.24, 2.45) is 5.92 Å². The topological polar surface area (TPSA) is 209 Å². The van der Waals surface area contributed by atoms with Gasteiger partial charge in [0.05, 0.1) is 12.6 Å². The average molecular weight is 941 g/mol. The van der Waals surface area contributed by atoms with Crippen molar-refractivity contribution in [2.75, 3.05) is 34.2 Å². The van der Waals surface area contributed by atoms with Crippen LogP contribution in [0.4, 0.5) is 17.6 Å². The summed E-state index contributed by atoms with van der Waals surface area (Å²) in [6, 6.07) is -4.10. The summed E-state index contributed by atoms with van der Waals surface area (Å²) in [6.07, 6.45) is -9.38. The Bertz CT molecular complexity index is 1860. The Hall–Kier alpha value is -4.27. The van der Waals surface area contributed by atoms with Crippen molar-refractivity contribution in [2.45, 2.75) is 140 Å². The predicted molar refractivity (Wildman–Crippen MR) is 224 cm³/mol. The van der Waals surface area contributed by atoms with E-state index in [-0.39, 0.29) is 61.4 Å². The Morgan fingerprint density at radius 1 is 1.00 bits per heavy atom. The van der Waals surface area contributed by atoms with Gasteiger partial charge in [0.15, 0.2) is 0 Å². The second-order valence-electron chi connectivity index (χ2n) is 16.9. The molecule has 16 nitrogen and oxygen atoms in total. The molecule has 0 aromatic heterocycles. The van der Waals surface area contributed by atoms with Gasteiger partial charge >= 0.3 is 6.18 Å². The van der Waals surface area contributed by atoms with Crippen LogP contribution in [0.1, 0.15) is 78.7 Å². The van der Waals surface area contributed by atoms with Crippen molar-refractivity contribution in [1.29, 1.82) is 0 Å². The number of aliphatic hydroxyl groups is 2. The molecule has 354 valence electrons. The van der Waals surface area contributed by atoms with Gasteiger partial charge in [0, 0.05) is 50.6 Å². The Kier molecular flexibility index (Phi) is 18.6. The Morgan fingerprint density at radius 2 is 1.62 bits per heavy atom. The fourth-order valence-electron chi connectivity index (χ4n) is 7.51. The van der Waals surface area contributed by atoms with Crippen LogP contribution in [0.5, 0.6) is 0 Å². The molecule has 22 heteroatoms. The highest BCUT2D eigenvalue weighted by molar-refractivity contribution is 6.33. The summed E-state index contributed by atoms with van der Waals surface area (Å²) in [5.74, 6) is -7.22. The smallest absolute Gasteiger partial charge is 0.391 e. The maximum Gasteiger partial charge on any atom is 0.426 e. The number of nitrogens with zero attached hydrogens (tertiary/aromatic N) is 4. The third-order valence-electron chi connectivity index (χ3n) is 11.4. The van der Waals surface area contributed by atoms with Gasteiger partial charge in [-0.25, -0.2) is 4.39 Å². The minimum absolute atomic E-state index is 0.0617. The maximum atomic E-state index is 14.6. The second-order valence-corrected chi connectivity index (χ2v) is 17.7. The maximum absolute atomic E-state index is 14.6. The number of likely N-dealkylation sites (N-methyl/N-ethyl adjacent to an activating group) is 3. The molecule has 2 saturated heterocycles. The Labute approximate surface area is 374 Å². The summed E-state index contributed by atoms with van der Waals surface area (Å²) < 4.78 is 55.3. The molecule has 0 unspecified atom stereocenters. The van der Waals surface area contributed by atoms with Crippen molar-refractivity contribution in [3.05, 3.63) is 33.8 Å². The van der Waals surface area contributed by atoms with E-state index in [1.54, 1.807) is 26.8 Å². The Balaban J connectivity index is 2.03. The lowest BCUT2D eigenvalue weighted by Crippen LogP contribution is -2.62. The Morgan fingerprint density at radius 3 is 2.19 bits per heavy atom. The summed E-state index contributed by atoms with van der Waals surface area (Å²) in [6.45, 7) is 5.75. The van der Waals surface area contributed by atoms with Gasteiger partial charge in [-0.2, -0.15) is 13.2 Å². The molecule has 1 aromatic carbocycles. The van der Waals surface area contributed by atoms with E-state index >= 15 is 0 Å². The molecule has 2 aliphatic heterocycles. The number of amides is 7. The zero-order chi connectivity index (χ0) is 47.9. The minimum atomic E-state index is -5.48. The molecule has 9 atom stereocenters. The number of alkyl halides is 4. The summed E-state index contributed by atoms with van der Waals surface area (Å²) in [5, 5.41) is 29.0. The van der Waals surface area contributed by atoms with Crippen LogP contribution in [0.15, 0.2) is 18.2 Å². The minimum Gasteiger partial charge on any atom is -0.391 e. The molecule has 0 radical (unpaired) electrons. The molecular formula is C41H59Cl2F4N7O9. The third-order valence-corrected chi connectivity index (χ3v) is 12.0. The highest BCUT2D eigenvalue weighted by atomic mass is 35.5. The summed E-state index contributed by atoms with van der Waals surface area (Å²) >= 11 is 12.7. The van der Waals surface area contributed by atoms with E-state index in [1.807, 2.05) is 0 Å². The molecule has 63 heavy (non-hydrogen) atoms. The van der Waals surface area contributed by atoms with Crippen LogP contribution in [-0.4, -0.2) is 166 Å². The van der Waals surface area contributed by atoms with E-state index in [1.165, 1.54) is 38.2 Å². The van der Waals surface area contributed by atoms with Crippen LogP contribution < -0.4 is 16.0 Å². The molecule has 2 fully saturated rings. The zero-order valence-corrected chi connectivity index (χ0v) is 38.1. The van der Waals surface area contributed by atoms with Crippen LogP contribution in [-0.2, 0) is 40.0 Å². The summed E-state index contributed by atoms with van der Waals surface area (Å²) in [4.78, 5) is 101. The van der Waals surface area contributed by atoms with Gasteiger partial charge in [0.1, 0.15) is 42.4 Å². The lowest BCUT2D eigenvalue weighted by atomic mass is 9.98. The quantitative estimate of drug-likeness (QED) is 0.206. The molecule has 5 N–H and O–H groups in total. The van der Waals surface area contributed by atoms with E-state index in [0.717, 1.165) is 16.7 Å². The van der Waals surface area contributed by atoms with E-state index < -0.39 is 115 Å². The fraction of sp³-hybridized carbons (Fsp3) is 0.683. The molecule has 2 heterocycles. The molecule has 0 spiro atoms. The molecule has 0 aliphatic carbocycles. The molecule has 0 bridgehead atoms. The van der Waals surface area contributed by atoms with E-state index in [0.29, 0.717) is 17.0 Å². The molecular weight excluding hydrogens is 881 g/mol. The monoisotopic (exact) mass is 939 g/mol. The third kappa shape index (κ3) is 13.2. The number of hydrogen-bond acceptors (Lipinski definition) is 9. The molecule has 7 amide bonds. The van der Waals surface area contributed by atoms with Crippen LogP contribution >= 0.6 is 23.2 Å². The largest absolute Gasteiger partial charge is 0.426 e. The molecule has 2 aliphatic rings. The summed E-state index contributed by atoms with van der Waals surface area (Å²) in [7, 11) is 4.08. The van der Waals surface area contributed by atoms with E-state index in [4.69, 9.17) is 23.2 Å². The van der Waals surface area contributed by atoms with Crippen LogP contribution in [0.25, 0.3) is 0 Å². The molecule has 3 rings (SSSR count). The number of aliphatic hydroxyl groups excluding tert-OH is 1. The van der Waals surface area contributed by atoms with Crippen LogP contribution in [0, 0.1) is 5.92 Å². The standard InChI is InChI=1S/C41H59Cl2F4N7O9/c1-9-27-36(59)51(6)15-11-10-12-29(33(56)49-28(16-21(2)3)37(60)53(8)30(34(57)48-27)18-23-17-24(42)13-14-26(23)43)52(7)38(61)32(22(4)55)50-35(58)31-19-25(44)20-54(31)39(62)40(5,63)41(45,46)47/h13-14,17,21-22,25,27-32,55,63H,9-12,15-16,18-20H2,1-8H3,(H,48,57)(H,49,56)(H,50,58)/t22-,25-,27-,28+,29+,30+,31+,32+,40-/m1/s1. The first-order valence-corrected chi connectivity index (χ1v) is 21.5. The first-order chi connectivity index (χ1) is 29.1. The van der Waals surface area contributed by atoms with Gasteiger partial charge in [0.2, 0.25) is 41.0 Å². The first kappa shape index (κ1) is 53.1. The van der Waals surface area contributed by atoms with Crippen LogP contribution in [0.2, 0.25) is 10.0 Å². The summed E-state index contributed by atoms with van der Waals surface area (Å²) in [5.41, 5.74) is -3.56. The lowest BCUT2D eigenvalue weighted by molar-refractivity contribution is -0.250.